The molecule has 0 amide bonds. The van der Waals surface area contributed by atoms with E-state index >= 15 is 0 Å². The summed E-state index contributed by atoms with van der Waals surface area (Å²) in [6, 6.07) is 2.01. The average Bonchev–Trinajstić information content (AvgIpc) is 2.18. The number of hydrogen-bond donors (Lipinski definition) is 1. The van der Waals surface area contributed by atoms with E-state index < -0.39 is 0 Å². The molecule has 13 heavy (non-hydrogen) atoms. The largest absolute Gasteiger partial charge is 0.492 e. The molecule has 1 atom stereocenters. The molecule has 2 N–H and O–H groups in total. The second-order valence-corrected chi connectivity index (χ2v) is 2.90. The van der Waals surface area contributed by atoms with Gasteiger partial charge >= 0.3 is 0 Å². The second-order valence-electron chi connectivity index (χ2n) is 2.90. The maximum absolute atomic E-state index is 5.86. The van der Waals surface area contributed by atoms with Crippen LogP contribution in [-0.2, 0) is 0 Å². The Hall–Kier alpha value is -1.09. The van der Waals surface area contributed by atoms with Crippen LogP contribution in [0.1, 0.15) is 31.9 Å². The monoisotopic (exact) mass is 180 g/mol. The molecule has 72 valence electrons. The maximum Gasteiger partial charge on any atom is 0.137 e. The van der Waals surface area contributed by atoms with E-state index in [1.807, 2.05) is 13.0 Å². The Balaban J connectivity index is 2.78. The molecule has 1 aromatic heterocycles. The van der Waals surface area contributed by atoms with Crippen molar-refractivity contribution in [1.29, 1.82) is 0 Å². The average molecular weight is 180 g/mol. The van der Waals surface area contributed by atoms with Gasteiger partial charge in [0.1, 0.15) is 5.75 Å². The summed E-state index contributed by atoms with van der Waals surface area (Å²) in [6.45, 7) is 4.66. The molecule has 1 unspecified atom stereocenters. The Morgan fingerprint density at radius 1 is 1.46 bits per heavy atom. The molecule has 3 heteroatoms. The van der Waals surface area contributed by atoms with Gasteiger partial charge in [0.15, 0.2) is 0 Å². The minimum absolute atomic E-state index is 0.0629. The molecular formula is C10H16N2O. The molecule has 0 saturated carbocycles. The van der Waals surface area contributed by atoms with Crippen molar-refractivity contribution in [3.63, 3.8) is 0 Å². The van der Waals surface area contributed by atoms with E-state index in [1.54, 1.807) is 12.4 Å². The second kappa shape index (κ2) is 4.82. The van der Waals surface area contributed by atoms with Crippen molar-refractivity contribution in [2.75, 3.05) is 6.61 Å². The summed E-state index contributed by atoms with van der Waals surface area (Å²) >= 11 is 0. The van der Waals surface area contributed by atoms with Crippen LogP contribution in [0.4, 0.5) is 0 Å². The summed E-state index contributed by atoms with van der Waals surface area (Å²) in [5.41, 5.74) is 6.90. The molecule has 0 aliphatic carbocycles. The number of aromatic nitrogens is 1. The van der Waals surface area contributed by atoms with Crippen LogP contribution in [-0.4, -0.2) is 11.6 Å². The number of hydrogen-bond acceptors (Lipinski definition) is 3. The molecule has 1 rings (SSSR count). The van der Waals surface area contributed by atoms with Gasteiger partial charge in [-0.25, -0.2) is 0 Å². The highest BCUT2D eigenvalue weighted by molar-refractivity contribution is 5.25. The number of ether oxygens (including phenoxy) is 1. The molecule has 0 spiro atoms. The first-order chi connectivity index (χ1) is 6.27. The Labute approximate surface area is 78.9 Å². The highest BCUT2D eigenvalue weighted by Crippen LogP contribution is 2.17. The summed E-state index contributed by atoms with van der Waals surface area (Å²) in [7, 11) is 0. The molecule has 0 fully saturated rings. The predicted octanol–water partition coefficient (Wildman–Crippen LogP) is 1.89. The summed E-state index contributed by atoms with van der Waals surface area (Å²) in [5.74, 6) is 0.795. The Morgan fingerprint density at radius 2 is 2.23 bits per heavy atom. The lowest BCUT2D eigenvalue weighted by molar-refractivity contribution is 0.338. The fourth-order valence-corrected chi connectivity index (χ4v) is 1.12. The van der Waals surface area contributed by atoms with E-state index in [2.05, 4.69) is 11.9 Å². The van der Waals surface area contributed by atoms with Gasteiger partial charge in [-0.15, -0.1) is 0 Å². The number of rotatable bonds is 4. The van der Waals surface area contributed by atoms with E-state index in [0.29, 0.717) is 6.61 Å². The van der Waals surface area contributed by atoms with Gasteiger partial charge in [-0.3, -0.25) is 4.98 Å². The van der Waals surface area contributed by atoms with Gasteiger partial charge in [-0.2, -0.15) is 0 Å². The molecule has 0 saturated heterocycles. The van der Waals surface area contributed by atoms with Crippen molar-refractivity contribution in [3.8, 4) is 5.75 Å². The summed E-state index contributed by atoms with van der Waals surface area (Å²) < 4.78 is 5.32. The van der Waals surface area contributed by atoms with E-state index in [0.717, 1.165) is 17.7 Å². The standard InChI is InChI=1S/C10H16N2O/c1-3-10(11)8-5-9(13-4-2)7-12-6-8/h5-7,10H,3-4,11H2,1-2H3. The highest BCUT2D eigenvalue weighted by Gasteiger charge is 2.04. The van der Waals surface area contributed by atoms with Crippen molar-refractivity contribution in [1.82, 2.24) is 4.98 Å². The normalized spacial score (nSPS) is 12.5. The van der Waals surface area contributed by atoms with Crippen molar-refractivity contribution >= 4 is 0 Å². The smallest absolute Gasteiger partial charge is 0.137 e. The van der Waals surface area contributed by atoms with E-state index in [9.17, 15) is 0 Å². The Bertz CT molecular complexity index is 263. The first kappa shape index (κ1) is 9.99. The SMILES string of the molecule is CCOc1cncc(C(N)CC)c1. The lowest BCUT2D eigenvalue weighted by Crippen LogP contribution is -2.09. The van der Waals surface area contributed by atoms with Crippen LogP contribution >= 0.6 is 0 Å². The highest BCUT2D eigenvalue weighted by atomic mass is 16.5. The van der Waals surface area contributed by atoms with Gasteiger partial charge in [-0.05, 0) is 25.0 Å². The Kier molecular flexibility index (Phi) is 3.71. The molecule has 0 aliphatic rings. The molecule has 1 aromatic rings. The lowest BCUT2D eigenvalue weighted by atomic mass is 10.1. The summed E-state index contributed by atoms with van der Waals surface area (Å²) in [4.78, 5) is 4.07. The van der Waals surface area contributed by atoms with Gasteiger partial charge in [0.05, 0.1) is 12.8 Å². The van der Waals surface area contributed by atoms with Gasteiger partial charge in [0.25, 0.3) is 0 Å². The van der Waals surface area contributed by atoms with Gasteiger partial charge < -0.3 is 10.5 Å². The van der Waals surface area contributed by atoms with Gasteiger partial charge in [-0.1, -0.05) is 6.92 Å². The summed E-state index contributed by atoms with van der Waals surface area (Å²) in [6.07, 6.45) is 4.41. The first-order valence-electron chi connectivity index (χ1n) is 4.61. The number of pyridine rings is 1. The van der Waals surface area contributed by atoms with Gasteiger partial charge in [0, 0.05) is 12.2 Å². The van der Waals surface area contributed by atoms with Crippen LogP contribution in [0.3, 0.4) is 0 Å². The van der Waals surface area contributed by atoms with Crippen molar-refractivity contribution in [3.05, 3.63) is 24.0 Å². The molecular weight excluding hydrogens is 164 g/mol. The number of nitrogens with zero attached hydrogens (tertiary/aromatic N) is 1. The Morgan fingerprint density at radius 3 is 2.85 bits per heavy atom. The molecule has 0 radical (unpaired) electrons. The summed E-state index contributed by atoms with van der Waals surface area (Å²) in [5, 5.41) is 0. The fourth-order valence-electron chi connectivity index (χ4n) is 1.12. The molecule has 3 nitrogen and oxygen atoms in total. The lowest BCUT2D eigenvalue weighted by Gasteiger charge is -2.10. The van der Waals surface area contributed by atoms with Crippen LogP contribution in [0, 0.1) is 0 Å². The zero-order valence-electron chi connectivity index (χ0n) is 8.16. The minimum Gasteiger partial charge on any atom is -0.492 e. The third-order valence-corrected chi connectivity index (χ3v) is 1.91. The molecule has 0 aromatic carbocycles. The van der Waals surface area contributed by atoms with Crippen LogP contribution in [0.2, 0.25) is 0 Å². The quantitative estimate of drug-likeness (QED) is 0.769. The topological polar surface area (TPSA) is 48.1 Å². The van der Waals surface area contributed by atoms with Crippen LogP contribution < -0.4 is 10.5 Å². The zero-order valence-corrected chi connectivity index (χ0v) is 8.16. The number of nitrogens with two attached hydrogens (primary N) is 1. The fraction of sp³-hybridized carbons (Fsp3) is 0.500. The van der Waals surface area contributed by atoms with Crippen molar-refractivity contribution in [2.45, 2.75) is 26.3 Å². The van der Waals surface area contributed by atoms with E-state index in [1.165, 1.54) is 0 Å². The predicted molar refractivity (Wildman–Crippen MR) is 52.6 cm³/mol. The van der Waals surface area contributed by atoms with Crippen LogP contribution in [0.25, 0.3) is 0 Å². The molecule has 0 bridgehead atoms. The third kappa shape index (κ3) is 2.70. The molecule has 0 aliphatic heterocycles. The third-order valence-electron chi connectivity index (χ3n) is 1.91. The van der Waals surface area contributed by atoms with Crippen molar-refractivity contribution in [2.24, 2.45) is 5.73 Å². The van der Waals surface area contributed by atoms with E-state index in [-0.39, 0.29) is 6.04 Å². The maximum atomic E-state index is 5.86. The zero-order chi connectivity index (χ0) is 9.68. The van der Waals surface area contributed by atoms with Crippen LogP contribution in [0.15, 0.2) is 18.5 Å². The van der Waals surface area contributed by atoms with E-state index in [4.69, 9.17) is 10.5 Å². The van der Waals surface area contributed by atoms with Crippen LogP contribution in [0.5, 0.6) is 5.75 Å². The molecule has 1 heterocycles. The van der Waals surface area contributed by atoms with Crippen molar-refractivity contribution < 1.29 is 4.74 Å². The minimum atomic E-state index is 0.0629. The van der Waals surface area contributed by atoms with Gasteiger partial charge in [0.2, 0.25) is 0 Å². The first-order valence-corrected chi connectivity index (χ1v) is 4.61.